The van der Waals surface area contributed by atoms with E-state index in [0.717, 1.165) is 6.42 Å². The molecule has 5 rings (SSSR count). The Morgan fingerprint density at radius 2 is 1.55 bits per heavy atom. The summed E-state index contributed by atoms with van der Waals surface area (Å²) < 4.78 is 95.6. The van der Waals surface area contributed by atoms with Gasteiger partial charge in [0.25, 0.3) is 0 Å². The van der Waals surface area contributed by atoms with Crippen LogP contribution in [0.15, 0.2) is 0 Å². The summed E-state index contributed by atoms with van der Waals surface area (Å²) in [6.07, 6.45) is -8.47. The second kappa shape index (κ2) is 10.5. The van der Waals surface area contributed by atoms with E-state index in [0.29, 0.717) is 38.8 Å². The van der Waals surface area contributed by atoms with Crippen molar-refractivity contribution in [3.05, 3.63) is 0 Å². The lowest BCUT2D eigenvalue weighted by Gasteiger charge is -2.45. The molecule has 0 aromatic rings. The molecule has 38 heavy (non-hydrogen) atoms. The number of fused-ring (bicyclic) bond motifs is 1. The number of likely N-dealkylation sites (N-methyl/N-ethyl adjacent to an activating group) is 1. The third kappa shape index (κ3) is 5.46. The van der Waals surface area contributed by atoms with Gasteiger partial charge in [0.15, 0.2) is 5.96 Å². The Morgan fingerprint density at radius 1 is 0.868 bits per heavy atom. The molecule has 14 heteroatoms. The molecule has 0 spiro atoms. The molecule has 0 amide bonds. The van der Waals surface area contributed by atoms with Crippen molar-refractivity contribution in [2.75, 3.05) is 26.7 Å². The number of guanidine groups is 1. The lowest BCUT2D eigenvalue weighted by molar-refractivity contribution is -0.201. The van der Waals surface area contributed by atoms with Gasteiger partial charge in [-0.25, -0.2) is 4.39 Å². The van der Waals surface area contributed by atoms with Gasteiger partial charge in [0.05, 0.1) is 24.3 Å². The third-order valence-electron chi connectivity index (χ3n) is 9.50. The maximum atomic E-state index is 15.2. The lowest BCUT2D eigenvalue weighted by atomic mass is 9.76. The molecule has 0 aromatic heterocycles. The molecule has 0 aromatic carbocycles. The number of alkyl halides is 7. The topological polar surface area (TPSA) is 78.5 Å². The number of nitrogens with zero attached hydrogens (tertiary/aromatic N) is 2. The lowest BCUT2D eigenvalue weighted by Crippen LogP contribution is -2.68. The summed E-state index contributed by atoms with van der Waals surface area (Å²) in [5.74, 6) is -2.40. The molecule has 0 radical (unpaired) electrons. The minimum Gasteiger partial charge on any atom is -0.338 e. The van der Waals surface area contributed by atoms with Crippen molar-refractivity contribution in [3.63, 3.8) is 0 Å². The van der Waals surface area contributed by atoms with Gasteiger partial charge in [0.2, 0.25) is 0 Å². The number of hydrogen-bond acceptors (Lipinski definition) is 5. The van der Waals surface area contributed by atoms with Crippen molar-refractivity contribution in [3.8, 4) is 0 Å². The predicted octanol–water partition coefficient (Wildman–Crippen LogP) is 2.96. The molecule has 5 fully saturated rings. The Balaban J connectivity index is 1.21. The fourth-order valence-corrected chi connectivity index (χ4v) is 7.40. The molecule has 10 unspecified atom stereocenters. The third-order valence-corrected chi connectivity index (χ3v) is 9.50. The maximum absolute atomic E-state index is 15.2. The van der Waals surface area contributed by atoms with E-state index in [1.807, 2.05) is 4.90 Å². The molecule has 218 valence electrons. The summed E-state index contributed by atoms with van der Waals surface area (Å²) in [5.41, 5.74) is 0. The van der Waals surface area contributed by atoms with Crippen LogP contribution in [-0.4, -0.2) is 91.5 Å². The minimum absolute atomic E-state index is 0.110. The van der Waals surface area contributed by atoms with E-state index >= 15 is 4.39 Å². The van der Waals surface area contributed by atoms with Crippen molar-refractivity contribution in [2.45, 2.75) is 94.1 Å². The Hall–Kier alpha value is -1.38. The Morgan fingerprint density at radius 3 is 2.21 bits per heavy atom. The van der Waals surface area contributed by atoms with Gasteiger partial charge < -0.3 is 9.80 Å². The summed E-state index contributed by atoms with van der Waals surface area (Å²) in [7, 11) is 1.78. The molecule has 3 heterocycles. The van der Waals surface area contributed by atoms with E-state index in [2.05, 4.69) is 21.3 Å². The molecule has 3 saturated heterocycles. The van der Waals surface area contributed by atoms with Crippen molar-refractivity contribution in [2.24, 2.45) is 23.7 Å². The van der Waals surface area contributed by atoms with Gasteiger partial charge in [-0.05, 0) is 43.9 Å². The van der Waals surface area contributed by atoms with Crippen LogP contribution in [0.5, 0.6) is 0 Å². The first-order chi connectivity index (χ1) is 17.8. The fourth-order valence-electron chi connectivity index (χ4n) is 7.40. The molecule has 2 saturated carbocycles. The average molecular weight is 558 g/mol. The van der Waals surface area contributed by atoms with Gasteiger partial charge in [-0.1, -0.05) is 12.8 Å². The van der Waals surface area contributed by atoms with Crippen molar-refractivity contribution in [1.29, 1.82) is 5.41 Å². The predicted molar refractivity (Wildman–Crippen MR) is 127 cm³/mol. The zero-order chi connectivity index (χ0) is 27.4. The first kappa shape index (κ1) is 28.2. The van der Waals surface area contributed by atoms with Gasteiger partial charge >= 0.3 is 12.4 Å². The summed E-state index contributed by atoms with van der Waals surface area (Å²) in [4.78, 5) is 3.64. The highest BCUT2D eigenvalue weighted by atomic mass is 19.4. The molecular formula is C24H38F7N7. The summed E-state index contributed by atoms with van der Waals surface area (Å²) in [6, 6.07) is -1.83. The molecule has 0 bridgehead atoms. The van der Waals surface area contributed by atoms with Crippen LogP contribution < -0.4 is 21.3 Å². The van der Waals surface area contributed by atoms with E-state index in [4.69, 9.17) is 5.41 Å². The van der Waals surface area contributed by atoms with Crippen molar-refractivity contribution < 1.29 is 30.7 Å². The van der Waals surface area contributed by atoms with Crippen molar-refractivity contribution in [1.82, 2.24) is 31.1 Å². The van der Waals surface area contributed by atoms with Crippen LogP contribution in [-0.2, 0) is 0 Å². The highest BCUT2D eigenvalue weighted by Gasteiger charge is 2.53. The highest BCUT2D eigenvalue weighted by Crippen LogP contribution is 2.43. The molecule has 10 atom stereocenters. The van der Waals surface area contributed by atoms with Gasteiger partial charge in [-0.3, -0.25) is 26.7 Å². The van der Waals surface area contributed by atoms with E-state index in [1.54, 1.807) is 11.9 Å². The zero-order valence-electron chi connectivity index (χ0n) is 21.4. The first-order valence-electron chi connectivity index (χ1n) is 13.7. The summed E-state index contributed by atoms with van der Waals surface area (Å²) >= 11 is 0. The summed E-state index contributed by atoms with van der Waals surface area (Å²) in [6.45, 7) is 0.538. The van der Waals surface area contributed by atoms with Crippen LogP contribution in [0, 0.1) is 29.1 Å². The van der Waals surface area contributed by atoms with E-state index in [9.17, 15) is 26.3 Å². The number of nitrogens with one attached hydrogen (secondary N) is 5. The van der Waals surface area contributed by atoms with Crippen molar-refractivity contribution >= 4 is 5.96 Å². The fraction of sp³-hybridized carbons (Fsp3) is 0.958. The Labute approximate surface area is 218 Å². The monoisotopic (exact) mass is 557 g/mol. The van der Waals surface area contributed by atoms with E-state index in [-0.39, 0.29) is 43.5 Å². The number of halogens is 7. The Bertz CT molecular complexity index is 855. The zero-order valence-corrected chi connectivity index (χ0v) is 21.4. The molecular weight excluding hydrogens is 519 g/mol. The second-order valence-electron chi connectivity index (χ2n) is 11.8. The standard InChI is InChI=1S/C24H38F7N7/c1-37-17-9-33-19(13-4-2-3-5-15(13)23(26,27)28)36-21(17)38(22(37)32)11-12-6-7-14(16(25)8-12)20-34-10-18(35-20)24(29,30)31/h12-21,32-36H,2-11H2,1H3. The molecule has 7 nitrogen and oxygen atoms in total. The summed E-state index contributed by atoms with van der Waals surface area (Å²) in [5, 5.41) is 20.6. The normalized spacial score (nSPS) is 43.0. The quantitative estimate of drug-likeness (QED) is 0.343. The minimum atomic E-state index is -4.39. The maximum Gasteiger partial charge on any atom is 0.405 e. The van der Waals surface area contributed by atoms with Crippen LogP contribution in [0.25, 0.3) is 0 Å². The average Bonchev–Trinajstić information content (AvgIpc) is 3.44. The molecule has 5 aliphatic rings. The second-order valence-corrected chi connectivity index (χ2v) is 11.8. The smallest absolute Gasteiger partial charge is 0.338 e. The van der Waals surface area contributed by atoms with Crippen LogP contribution >= 0.6 is 0 Å². The van der Waals surface area contributed by atoms with E-state index in [1.165, 1.54) is 0 Å². The highest BCUT2D eigenvalue weighted by molar-refractivity contribution is 5.80. The SMILES string of the molecule is CN1C(=N)N(CC2CCC(C3NCC(C(F)(F)F)N3)C(F)C2)C2NC(C3CCCCC3C(F)(F)F)NCC21. The Kier molecular flexibility index (Phi) is 7.82. The molecule has 2 aliphatic carbocycles. The number of rotatable bonds is 4. The van der Waals surface area contributed by atoms with Crippen LogP contribution in [0.4, 0.5) is 30.7 Å². The van der Waals surface area contributed by atoms with Gasteiger partial charge in [-0.2, -0.15) is 26.3 Å². The van der Waals surface area contributed by atoms with Crippen LogP contribution in [0.2, 0.25) is 0 Å². The van der Waals surface area contributed by atoms with Gasteiger partial charge in [-0.15, -0.1) is 0 Å². The molecule has 3 aliphatic heterocycles. The van der Waals surface area contributed by atoms with Crippen LogP contribution in [0.3, 0.4) is 0 Å². The van der Waals surface area contributed by atoms with Gasteiger partial charge in [0, 0.05) is 32.6 Å². The number of hydrogen-bond donors (Lipinski definition) is 5. The largest absolute Gasteiger partial charge is 0.405 e. The van der Waals surface area contributed by atoms with E-state index < -0.39 is 54.7 Å². The van der Waals surface area contributed by atoms with Gasteiger partial charge in [0.1, 0.15) is 18.4 Å². The van der Waals surface area contributed by atoms with Crippen LogP contribution in [0.1, 0.15) is 44.9 Å². The first-order valence-corrected chi connectivity index (χ1v) is 13.7. The molecule has 5 N–H and O–H groups in total.